The van der Waals surface area contributed by atoms with E-state index in [1.54, 1.807) is 0 Å². The molecule has 2 rings (SSSR count). The fourth-order valence-corrected chi connectivity index (χ4v) is 2.90. The number of amides is 1. The summed E-state index contributed by atoms with van der Waals surface area (Å²) in [4.78, 5) is 14.0. The van der Waals surface area contributed by atoms with Crippen molar-refractivity contribution in [3.63, 3.8) is 0 Å². The number of piperidine rings is 1. The van der Waals surface area contributed by atoms with Crippen LogP contribution in [0, 0.1) is 5.92 Å². The number of rotatable bonds is 2. The Morgan fingerprint density at radius 2 is 2.18 bits per heavy atom. The van der Waals surface area contributed by atoms with Gasteiger partial charge in [-0.25, -0.2) is 4.79 Å². The van der Waals surface area contributed by atoms with Crippen LogP contribution in [0.15, 0.2) is 18.2 Å². The van der Waals surface area contributed by atoms with Crippen LogP contribution in [-0.2, 0) is 11.2 Å². The van der Waals surface area contributed by atoms with Gasteiger partial charge in [0.2, 0.25) is 0 Å². The molecule has 1 unspecified atom stereocenters. The van der Waals surface area contributed by atoms with E-state index >= 15 is 0 Å². The molecule has 1 aliphatic heterocycles. The largest absolute Gasteiger partial charge is 0.444 e. The van der Waals surface area contributed by atoms with E-state index in [9.17, 15) is 4.79 Å². The van der Waals surface area contributed by atoms with Crippen molar-refractivity contribution in [3.8, 4) is 0 Å². The summed E-state index contributed by atoms with van der Waals surface area (Å²) in [6.07, 6.45) is 2.81. The van der Waals surface area contributed by atoms with E-state index in [-0.39, 0.29) is 6.09 Å². The molecule has 4 nitrogen and oxygen atoms in total. The van der Waals surface area contributed by atoms with Gasteiger partial charge in [-0.2, -0.15) is 0 Å². The molecule has 0 aliphatic carbocycles. The van der Waals surface area contributed by atoms with Crippen LogP contribution in [0.5, 0.6) is 0 Å². The Labute approximate surface area is 137 Å². The minimum Gasteiger partial charge on any atom is -0.444 e. The van der Waals surface area contributed by atoms with Crippen molar-refractivity contribution in [2.75, 3.05) is 18.8 Å². The van der Waals surface area contributed by atoms with Gasteiger partial charge in [0.15, 0.2) is 0 Å². The van der Waals surface area contributed by atoms with Crippen LogP contribution in [0.1, 0.15) is 39.2 Å². The van der Waals surface area contributed by atoms with Crippen LogP contribution in [0.2, 0.25) is 5.02 Å². The van der Waals surface area contributed by atoms with Crippen molar-refractivity contribution in [2.24, 2.45) is 5.92 Å². The third-order valence-corrected chi connectivity index (χ3v) is 4.10. The molecule has 0 aromatic heterocycles. The highest BCUT2D eigenvalue weighted by Gasteiger charge is 2.27. The number of nitrogens with zero attached hydrogens (tertiary/aromatic N) is 1. The van der Waals surface area contributed by atoms with Crippen molar-refractivity contribution in [3.05, 3.63) is 28.8 Å². The van der Waals surface area contributed by atoms with Gasteiger partial charge >= 0.3 is 6.09 Å². The lowest BCUT2D eigenvalue weighted by atomic mass is 9.91. The Bertz CT molecular complexity index is 540. The monoisotopic (exact) mass is 324 g/mol. The molecule has 2 N–H and O–H groups in total. The smallest absolute Gasteiger partial charge is 0.410 e. The van der Waals surface area contributed by atoms with Crippen LogP contribution in [-0.4, -0.2) is 29.7 Å². The summed E-state index contributed by atoms with van der Waals surface area (Å²) in [6, 6.07) is 5.76. The van der Waals surface area contributed by atoms with Gasteiger partial charge in [-0.1, -0.05) is 17.7 Å². The van der Waals surface area contributed by atoms with Crippen LogP contribution in [0.25, 0.3) is 0 Å². The van der Waals surface area contributed by atoms with Crippen molar-refractivity contribution < 1.29 is 9.53 Å². The number of nitrogen functional groups attached to an aromatic ring is 1. The topological polar surface area (TPSA) is 55.6 Å². The first-order chi connectivity index (χ1) is 10.2. The van der Waals surface area contributed by atoms with Gasteiger partial charge in [0.1, 0.15) is 5.60 Å². The lowest BCUT2D eigenvalue weighted by molar-refractivity contribution is 0.0166. The van der Waals surface area contributed by atoms with E-state index in [2.05, 4.69) is 0 Å². The minimum absolute atomic E-state index is 0.215. The van der Waals surface area contributed by atoms with Crippen LogP contribution in [0.4, 0.5) is 10.5 Å². The average molecular weight is 325 g/mol. The maximum Gasteiger partial charge on any atom is 0.410 e. The van der Waals surface area contributed by atoms with Gasteiger partial charge in [0.05, 0.1) is 10.7 Å². The second kappa shape index (κ2) is 6.78. The Balaban J connectivity index is 1.95. The van der Waals surface area contributed by atoms with E-state index < -0.39 is 5.60 Å². The summed E-state index contributed by atoms with van der Waals surface area (Å²) in [5.74, 6) is 0.432. The SMILES string of the molecule is CC(C)(C)OC(=O)N1CCCC(Cc2ccc(Cl)c(N)c2)C1. The zero-order valence-electron chi connectivity index (χ0n) is 13.6. The molecule has 1 fully saturated rings. The highest BCUT2D eigenvalue weighted by Crippen LogP contribution is 2.25. The highest BCUT2D eigenvalue weighted by molar-refractivity contribution is 6.33. The molecule has 1 aromatic rings. The third kappa shape index (κ3) is 4.80. The lowest BCUT2D eigenvalue weighted by Crippen LogP contribution is -2.43. The first-order valence-corrected chi connectivity index (χ1v) is 8.14. The summed E-state index contributed by atoms with van der Waals surface area (Å²) in [6.45, 7) is 7.18. The Morgan fingerprint density at radius 3 is 2.82 bits per heavy atom. The molecular formula is C17H25ClN2O2. The molecule has 1 aliphatic rings. The maximum absolute atomic E-state index is 12.2. The standard InChI is InChI=1S/C17H25ClN2O2/c1-17(2,3)22-16(21)20-8-4-5-13(11-20)9-12-6-7-14(18)15(19)10-12/h6-7,10,13H,4-5,8-9,11,19H2,1-3H3. The average Bonchev–Trinajstić information content (AvgIpc) is 2.41. The number of benzene rings is 1. The highest BCUT2D eigenvalue weighted by atomic mass is 35.5. The summed E-state index contributed by atoms with van der Waals surface area (Å²) in [5, 5.41) is 0.586. The van der Waals surface area contributed by atoms with E-state index in [4.69, 9.17) is 22.1 Å². The van der Waals surface area contributed by atoms with E-state index in [1.807, 2.05) is 43.9 Å². The summed E-state index contributed by atoms with van der Waals surface area (Å²) in [5.41, 5.74) is 7.18. The predicted octanol–water partition coefficient (Wildman–Crippen LogP) is 4.11. The number of halogens is 1. The van der Waals surface area contributed by atoms with Crippen LogP contribution >= 0.6 is 11.6 Å². The summed E-state index contributed by atoms with van der Waals surface area (Å²) in [7, 11) is 0. The van der Waals surface area contributed by atoms with Crippen LogP contribution < -0.4 is 5.73 Å². The number of nitrogens with two attached hydrogens (primary N) is 1. The molecule has 5 heteroatoms. The molecular weight excluding hydrogens is 300 g/mol. The molecule has 1 saturated heterocycles. The zero-order valence-corrected chi connectivity index (χ0v) is 14.3. The van der Waals surface area contributed by atoms with E-state index in [0.717, 1.165) is 37.9 Å². The molecule has 1 atom stereocenters. The fourth-order valence-electron chi connectivity index (χ4n) is 2.78. The molecule has 0 saturated carbocycles. The number of anilines is 1. The number of likely N-dealkylation sites (tertiary alicyclic amines) is 1. The van der Waals surface area contributed by atoms with Gasteiger partial charge in [-0.15, -0.1) is 0 Å². The van der Waals surface area contributed by atoms with Crippen molar-refractivity contribution in [2.45, 2.75) is 45.6 Å². The van der Waals surface area contributed by atoms with Gasteiger partial charge in [-0.05, 0) is 63.6 Å². The van der Waals surface area contributed by atoms with Crippen LogP contribution in [0.3, 0.4) is 0 Å². The second-order valence-corrected chi connectivity index (χ2v) is 7.40. The molecule has 1 heterocycles. The number of hydrogen-bond acceptors (Lipinski definition) is 3. The Morgan fingerprint density at radius 1 is 1.45 bits per heavy atom. The Kier molecular flexibility index (Phi) is 5.22. The number of hydrogen-bond donors (Lipinski definition) is 1. The van der Waals surface area contributed by atoms with Crippen molar-refractivity contribution in [1.29, 1.82) is 0 Å². The number of carbonyl (C=O) groups excluding carboxylic acids is 1. The number of carbonyl (C=O) groups is 1. The molecule has 122 valence electrons. The molecule has 22 heavy (non-hydrogen) atoms. The molecule has 0 bridgehead atoms. The lowest BCUT2D eigenvalue weighted by Gasteiger charge is -2.34. The van der Waals surface area contributed by atoms with Gasteiger partial charge in [-0.3, -0.25) is 0 Å². The quantitative estimate of drug-likeness (QED) is 0.833. The second-order valence-electron chi connectivity index (χ2n) is 6.99. The van der Waals surface area contributed by atoms with Gasteiger partial charge in [0, 0.05) is 13.1 Å². The normalized spacial score (nSPS) is 19.1. The first kappa shape index (κ1) is 16.9. The summed E-state index contributed by atoms with van der Waals surface area (Å²) < 4.78 is 5.46. The van der Waals surface area contributed by atoms with E-state index in [0.29, 0.717) is 16.6 Å². The number of ether oxygens (including phenoxy) is 1. The fraction of sp³-hybridized carbons (Fsp3) is 0.588. The molecule has 0 radical (unpaired) electrons. The van der Waals surface area contributed by atoms with Gasteiger partial charge in [0.25, 0.3) is 0 Å². The summed E-state index contributed by atoms with van der Waals surface area (Å²) >= 11 is 5.96. The first-order valence-electron chi connectivity index (χ1n) is 7.76. The van der Waals surface area contributed by atoms with E-state index in [1.165, 1.54) is 0 Å². The predicted molar refractivity (Wildman–Crippen MR) is 90.1 cm³/mol. The maximum atomic E-state index is 12.2. The van der Waals surface area contributed by atoms with Crippen molar-refractivity contribution >= 4 is 23.4 Å². The third-order valence-electron chi connectivity index (χ3n) is 3.76. The zero-order chi connectivity index (χ0) is 16.3. The molecule has 1 aromatic carbocycles. The van der Waals surface area contributed by atoms with Crippen molar-refractivity contribution in [1.82, 2.24) is 4.90 Å². The minimum atomic E-state index is -0.450. The molecule has 0 spiro atoms. The molecule has 1 amide bonds. The van der Waals surface area contributed by atoms with Gasteiger partial charge < -0.3 is 15.4 Å². The Hall–Kier alpha value is -1.42.